The Kier molecular flexibility index (Phi) is 3.60. The molecular formula is C17H16N2O2. The van der Waals surface area contributed by atoms with E-state index in [1.54, 1.807) is 7.11 Å². The van der Waals surface area contributed by atoms with Gasteiger partial charge in [-0.3, -0.25) is 4.79 Å². The van der Waals surface area contributed by atoms with Crippen LogP contribution in [0.25, 0.3) is 10.9 Å². The summed E-state index contributed by atoms with van der Waals surface area (Å²) in [5.74, 6) is 0.715. The Labute approximate surface area is 122 Å². The summed E-state index contributed by atoms with van der Waals surface area (Å²) in [6, 6.07) is 15.3. The smallest absolute Gasteiger partial charge is 0.228 e. The molecule has 4 nitrogen and oxygen atoms in total. The van der Waals surface area contributed by atoms with Crippen LogP contribution in [0.1, 0.15) is 5.56 Å². The number of benzene rings is 2. The van der Waals surface area contributed by atoms with Crippen LogP contribution in [0.4, 0.5) is 5.69 Å². The maximum atomic E-state index is 12.1. The van der Waals surface area contributed by atoms with Crippen molar-refractivity contribution in [2.24, 2.45) is 0 Å². The molecule has 0 spiro atoms. The molecule has 0 aliphatic carbocycles. The monoisotopic (exact) mass is 280 g/mol. The van der Waals surface area contributed by atoms with E-state index in [-0.39, 0.29) is 5.91 Å². The topological polar surface area (TPSA) is 54.1 Å². The second-order valence-electron chi connectivity index (χ2n) is 4.86. The Morgan fingerprint density at radius 3 is 2.95 bits per heavy atom. The fraction of sp³-hybridized carbons (Fsp3) is 0.118. The number of nitrogens with one attached hydrogen (secondary N) is 2. The van der Waals surface area contributed by atoms with E-state index in [0.29, 0.717) is 6.42 Å². The summed E-state index contributed by atoms with van der Waals surface area (Å²) in [5.41, 5.74) is 2.78. The van der Waals surface area contributed by atoms with Crippen molar-refractivity contribution in [3.63, 3.8) is 0 Å². The number of aromatic amines is 1. The summed E-state index contributed by atoms with van der Waals surface area (Å²) in [7, 11) is 1.62. The highest BCUT2D eigenvalue weighted by molar-refractivity contribution is 5.94. The van der Waals surface area contributed by atoms with Crippen LogP contribution in [-0.2, 0) is 11.2 Å². The number of methoxy groups -OCH3 is 1. The van der Waals surface area contributed by atoms with Gasteiger partial charge in [0.25, 0.3) is 0 Å². The molecule has 0 unspecified atom stereocenters. The second kappa shape index (κ2) is 5.71. The van der Waals surface area contributed by atoms with Crippen LogP contribution >= 0.6 is 0 Å². The van der Waals surface area contributed by atoms with E-state index in [1.807, 2.05) is 54.7 Å². The first-order valence-electron chi connectivity index (χ1n) is 6.74. The molecular weight excluding hydrogens is 264 g/mol. The van der Waals surface area contributed by atoms with E-state index >= 15 is 0 Å². The number of aromatic nitrogens is 1. The minimum atomic E-state index is -0.0434. The zero-order valence-electron chi connectivity index (χ0n) is 11.7. The second-order valence-corrected chi connectivity index (χ2v) is 4.86. The Morgan fingerprint density at radius 1 is 1.19 bits per heavy atom. The number of fused-ring (bicyclic) bond motifs is 1. The van der Waals surface area contributed by atoms with E-state index in [4.69, 9.17) is 4.74 Å². The van der Waals surface area contributed by atoms with E-state index in [9.17, 15) is 4.79 Å². The van der Waals surface area contributed by atoms with Crippen molar-refractivity contribution in [3.05, 3.63) is 60.3 Å². The number of ether oxygens (including phenoxy) is 1. The summed E-state index contributed by atoms with van der Waals surface area (Å²) in [5, 5.41) is 3.99. The number of hydrogen-bond donors (Lipinski definition) is 2. The summed E-state index contributed by atoms with van der Waals surface area (Å²) >= 11 is 0. The van der Waals surface area contributed by atoms with Gasteiger partial charge in [-0.2, -0.15) is 0 Å². The lowest BCUT2D eigenvalue weighted by Crippen LogP contribution is -2.14. The van der Waals surface area contributed by atoms with Crippen LogP contribution in [0.2, 0.25) is 0 Å². The van der Waals surface area contributed by atoms with Gasteiger partial charge in [-0.15, -0.1) is 0 Å². The molecule has 1 amide bonds. The van der Waals surface area contributed by atoms with Crippen molar-refractivity contribution in [3.8, 4) is 5.75 Å². The average Bonchev–Trinajstić information content (AvgIpc) is 2.95. The van der Waals surface area contributed by atoms with Gasteiger partial charge in [0.05, 0.1) is 13.5 Å². The van der Waals surface area contributed by atoms with Crippen LogP contribution in [0.5, 0.6) is 5.75 Å². The number of anilines is 1. The molecule has 2 N–H and O–H groups in total. The highest BCUT2D eigenvalue weighted by Crippen LogP contribution is 2.18. The van der Waals surface area contributed by atoms with E-state index in [0.717, 1.165) is 27.9 Å². The fourth-order valence-electron chi connectivity index (χ4n) is 2.30. The fourth-order valence-corrected chi connectivity index (χ4v) is 2.30. The zero-order valence-corrected chi connectivity index (χ0v) is 11.7. The number of amides is 1. The largest absolute Gasteiger partial charge is 0.497 e. The lowest BCUT2D eigenvalue weighted by molar-refractivity contribution is -0.115. The summed E-state index contributed by atoms with van der Waals surface area (Å²) in [6.45, 7) is 0. The number of H-pyrrole nitrogens is 1. The molecule has 2 aromatic carbocycles. The lowest BCUT2D eigenvalue weighted by atomic mass is 10.1. The highest BCUT2D eigenvalue weighted by atomic mass is 16.5. The molecule has 4 heteroatoms. The molecule has 0 saturated heterocycles. The van der Waals surface area contributed by atoms with Crippen molar-refractivity contribution in [2.45, 2.75) is 6.42 Å². The normalized spacial score (nSPS) is 10.5. The van der Waals surface area contributed by atoms with Gasteiger partial charge in [-0.25, -0.2) is 0 Å². The third kappa shape index (κ3) is 3.05. The molecule has 0 aliphatic rings. The van der Waals surface area contributed by atoms with Crippen molar-refractivity contribution in [1.82, 2.24) is 4.98 Å². The Balaban J connectivity index is 1.70. The van der Waals surface area contributed by atoms with Gasteiger partial charge < -0.3 is 15.0 Å². The summed E-state index contributed by atoms with van der Waals surface area (Å²) in [4.78, 5) is 15.2. The molecule has 106 valence electrons. The van der Waals surface area contributed by atoms with E-state index < -0.39 is 0 Å². The molecule has 0 atom stereocenters. The minimum Gasteiger partial charge on any atom is -0.497 e. The third-order valence-corrected chi connectivity index (χ3v) is 3.34. The van der Waals surface area contributed by atoms with Crippen molar-refractivity contribution >= 4 is 22.5 Å². The van der Waals surface area contributed by atoms with Gasteiger partial charge in [0, 0.05) is 22.8 Å². The van der Waals surface area contributed by atoms with Gasteiger partial charge in [-0.1, -0.05) is 12.1 Å². The molecule has 21 heavy (non-hydrogen) atoms. The number of carbonyl (C=O) groups excluding carboxylic acids is 1. The maximum Gasteiger partial charge on any atom is 0.228 e. The van der Waals surface area contributed by atoms with Crippen LogP contribution in [0.3, 0.4) is 0 Å². The van der Waals surface area contributed by atoms with E-state index in [2.05, 4.69) is 10.3 Å². The van der Waals surface area contributed by atoms with Crippen LogP contribution in [0, 0.1) is 0 Å². The molecule has 0 aliphatic heterocycles. The van der Waals surface area contributed by atoms with Crippen molar-refractivity contribution in [2.75, 3.05) is 12.4 Å². The first kappa shape index (κ1) is 13.2. The average molecular weight is 280 g/mol. The molecule has 0 saturated carbocycles. The molecule has 1 heterocycles. The van der Waals surface area contributed by atoms with Crippen LogP contribution in [-0.4, -0.2) is 18.0 Å². The van der Waals surface area contributed by atoms with Crippen molar-refractivity contribution in [1.29, 1.82) is 0 Å². The lowest BCUT2D eigenvalue weighted by Gasteiger charge is -2.07. The molecule has 1 aromatic heterocycles. The third-order valence-electron chi connectivity index (χ3n) is 3.34. The predicted octanol–water partition coefficient (Wildman–Crippen LogP) is 3.36. The first-order valence-corrected chi connectivity index (χ1v) is 6.74. The highest BCUT2D eigenvalue weighted by Gasteiger charge is 2.06. The number of carbonyl (C=O) groups is 1. The Bertz CT molecular complexity index is 777. The quantitative estimate of drug-likeness (QED) is 0.770. The van der Waals surface area contributed by atoms with Gasteiger partial charge >= 0.3 is 0 Å². The molecule has 0 bridgehead atoms. The van der Waals surface area contributed by atoms with Crippen LogP contribution < -0.4 is 10.1 Å². The molecule has 3 rings (SSSR count). The zero-order chi connectivity index (χ0) is 14.7. The number of rotatable bonds is 4. The van der Waals surface area contributed by atoms with Gasteiger partial charge in [0.1, 0.15) is 5.75 Å². The van der Waals surface area contributed by atoms with Gasteiger partial charge in [0.2, 0.25) is 5.91 Å². The molecule has 3 aromatic rings. The van der Waals surface area contributed by atoms with Gasteiger partial charge in [0.15, 0.2) is 0 Å². The molecule has 0 fully saturated rings. The Morgan fingerprint density at radius 2 is 2.10 bits per heavy atom. The van der Waals surface area contributed by atoms with E-state index in [1.165, 1.54) is 0 Å². The SMILES string of the molecule is COc1cccc(CC(=O)Nc2ccc3[nH]ccc3c2)c1. The predicted molar refractivity (Wildman–Crippen MR) is 83.6 cm³/mol. The standard InChI is InChI=1S/C17H16N2O2/c1-21-15-4-2-3-12(9-15)10-17(20)19-14-5-6-16-13(11-14)7-8-18-16/h2-9,11,18H,10H2,1H3,(H,19,20). The van der Waals surface area contributed by atoms with Crippen molar-refractivity contribution < 1.29 is 9.53 Å². The van der Waals surface area contributed by atoms with Gasteiger partial charge in [-0.05, 0) is 42.0 Å². The summed E-state index contributed by atoms with van der Waals surface area (Å²) < 4.78 is 5.16. The van der Waals surface area contributed by atoms with Crippen LogP contribution in [0.15, 0.2) is 54.7 Å². The minimum absolute atomic E-state index is 0.0434. The Hall–Kier alpha value is -2.75. The summed E-state index contributed by atoms with van der Waals surface area (Å²) in [6.07, 6.45) is 2.20. The molecule has 0 radical (unpaired) electrons. The number of hydrogen-bond acceptors (Lipinski definition) is 2. The first-order chi connectivity index (χ1) is 10.2. The maximum absolute atomic E-state index is 12.1.